The molecule has 0 radical (unpaired) electrons. The van der Waals surface area contributed by atoms with E-state index in [0.29, 0.717) is 22.8 Å². The summed E-state index contributed by atoms with van der Waals surface area (Å²) in [6, 6.07) is 12.5. The van der Waals surface area contributed by atoms with Crippen molar-refractivity contribution in [2.24, 2.45) is 5.92 Å². The average Bonchev–Trinajstić information content (AvgIpc) is 3.08. The summed E-state index contributed by atoms with van der Waals surface area (Å²) < 4.78 is 5.33. The number of anilines is 1. The van der Waals surface area contributed by atoms with Crippen molar-refractivity contribution < 1.29 is 14.3 Å². The van der Waals surface area contributed by atoms with Crippen molar-refractivity contribution in [2.75, 3.05) is 11.9 Å². The second-order valence-electron chi connectivity index (χ2n) is 6.88. The zero-order valence-electron chi connectivity index (χ0n) is 15.1. The van der Waals surface area contributed by atoms with Crippen LogP contribution >= 0.6 is 0 Å². The number of aromatic nitrogens is 2. The minimum absolute atomic E-state index is 0.0139. The maximum absolute atomic E-state index is 12.8. The molecule has 2 heterocycles. The molecule has 0 spiro atoms. The molecule has 3 aromatic rings. The zero-order chi connectivity index (χ0) is 19.0. The van der Waals surface area contributed by atoms with Gasteiger partial charge in [0.05, 0.1) is 22.8 Å². The van der Waals surface area contributed by atoms with Crippen LogP contribution in [-0.4, -0.2) is 28.4 Å². The fourth-order valence-electron chi connectivity index (χ4n) is 3.12. The quantitative estimate of drug-likeness (QED) is 0.663. The Labute approximate surface area is 156 Å². The molecule has 2 aromatic carbocycles. The Bertz CT molecular complexity index is 992. The Hall–Kier alpha value is -3.35. The number of carbonyl (C=O) groups excluding carboxylic acids is 2. The third-order valence-corrected chi connectivity index (χ3v) is 4.53. The van der Waals surface area contributed by atoms with Crippen LogP contribution in [0.3, 0.4) is 0 Å². The van der Waals surface area contributed by atoms with Gasteiger partial charge in [-0.25, -0.2) is 4.98 Å². The third-order valence-electron chi connectivity index (χ3n) is 4.53. The lowest BCUT2D eigenvalue weighted by Crippen LogP contribution is -2.33. The first kappa shape index (κ1) is 17.1. The normalized spacial score (nSPS) is 14.4. The highest BCUT2D eigenvalue weighted by atomic mass is 16.5. The molecular weight excluding hydrogens is 344 g/mol. The number of hydrogen-bond acceptors (Lipinski definition) is 4. The van der Waals surface area contributed by atoms with Crippen molar-refractivity contribution in [1.82, 2.24) is 15.3 Å². The molecule has 2 amide bonds. The molecule has 0 saturated carbocycles. The molecule has 27 heavy (non-hydrogen) atoms. The SMILES string of the molecule is CC(C)[C@H](NC(=O)c1ccc2c(c1)NC(=O)CO2)c1nc2ccccc2[nH]1. The Balaban J connectivity index is 1.59. The summed E-state index contributed by atoms with van der Waals surface area (Å²) in [5.41, 5.74) is 2.74. The van der Waals surface area contributed by atoms with Crippen molar-refractivity contribution in [3.63, 3.8) is 0 Å². The van der Waals surface area contributed by atoms with Crippen LogP contribution in [0.25, 0.3) is 11.0 Å². The van der Waals surface area contributed by atoms with Gasteiger partial charge < -0.3 is 20.4 Å². The van der Waals surface area contributed by atoms with Crippen molar-refractivity contribution in [1.29, 1.82) is 0 Å². The van der Waals surface area contributed by atoms with E-state index >= 15 is 0 Å². The molecule has 0 aliphatic carbocycles. The average molecular weight is 364 g/mol. The largest absolute Gasteiger partial charge is 0.482 e. The van der Waals surface area contributed by atoms with Crippen LogP contribution in [0.1, 0.15) is 36.1 Å². The molecule has 7 nitrogen and oxygen atoms in total. The van der Waals surface area contributed by atoms with Crippen LogP contribution in [0.4, 0.5) is 5.69 Å². The van der Waals surface area contributed by atoms with Crippen LogP contribution in [0.2, 0.25) is 0 Å². The second kappa shape index (κ2) is 6.75. The van der Waals surface area contributed by atoms with Crippen LogP contribution in [0.15, 0.2) is 42.5 Å². The van der Waals surface area contributed by atoms with Gasteiger partial charge in [-0.05, 0) is 36.2 Å². The molecule has 1 aromatic heterocycles. The molecule has 1 atom stereocenters. The van der Waals surface area contributed by atoms with E-state index in [4.69, 9.17) is 4.74 Å². The molecule has 138 valence electrons. The van der Waals surface area contributed by atoms with Gasteiger partial charge in [0.2, 0.25) is 0 Å². The van der Waals surface area contributed by atoms with E-state index in [9.17, 15) is 9.59 Å². The van der Waals surface area contributed by atoms with Crippen molar-refractivity contribution in [2.45, 2.75) is 19.9 Å². The molecule has 1 aliphatic heterocycles. The first-order valence-corrected chi connectivity index (χ1v) is 8.83. The molecule has 0 bridgehead atoms. The predicted octanol–water partition coefficient (Wildman–Crippen LogP) is 3.02. The summed E-state index contributed by atoms with van der Waals surface area (Å²) in [6.45, 7) is 4.04. The molecule has 0 unspecified atom stereocenters. The lowest BCUT2D eigenvalue weighted by Gasteiger charge is -2.22. The Morgan fingerprint density at radius 3 is 2.81 bits per heavy atom. The maximum atomic E-state index is 12.8. The summed E-state index contributed by atoms with van der Waals surface area (Å²) in [5.74, 6) is 0.937. The summed E-state index contributed by atoms with van der Waals surface area (Å²) in [5, 5.41) is 5.76. The topological polar surface area (TPSA) is 96.1 Å². The number of rotatable bonds is 4. The Kier molecular flexibility index (Phi) is 4.27. The van der Waals surface area contributed by atoms with Crippen molar-refractivity contribution in [3.8, 4) is 5.75 Å². The van der Waals surface area contributed by atoms with Gasteiger partial charge >= 0.3 is 0 Å². The van der Waals surface area contributed by atoms with E-state index in [0.717, 1.165) is 11.0 Å². The molecule has 1 aliphatic rings. The Morgan fingerprint density at radius 1 is 1.22 bits per heavy atom. The fourth-order valence-corrected chi connectivity index (χ4v) is 3.12. The fraction of sp³-hybridized carbons (Fsp3) is 0.250. The summed E-state index contributed by atoms with van der Waals surface area (Å²) in [6.07, 6.45) is 0. The lowest BCUT2D eigenvalue weighted by molar-refractivity contribution is -0.118. The first-order valence-electron chi connectivity index (χ1n) is 8.83. The molecular formula is C20H20N4O3. The van der Waals surface area contributed by atoms with Crippen LogP contribution < -0.4 is 15.4 Å². The molecule has 0 fully saturated rings. The molecule has 3 N–H and O–H groups in total. The van der Waals surface area contributed by atoms with E-state index in [1.807, 2.05) is 38.1 Å². The van der Waals surface area contributed by atoms with Gasteiger partial charge in [-0.3, -0.25) is 9.59 Å². The van der Waals surface area contributed by atoms with E-state index in [-0.39, 0.29) is 30.4 Å². The standard InChI is InChI=1S/C20H20N4O3/c1-11(2)18(19-22-13-5-3-4-6-14(13)23-19)24-20(26)12-7-8-16-15(9-12)21-17(25)10-27-16/h3-9,11,18H,10H2,1-2H3,(H,21,25)(H,22,23)(H,24,26)/t18-/m0/s1. The number of H-pyrrole nitrogens is 1. The van der Waals surface area contributed by atoms with Crippen LogP contribution in [-0.2, 0) is 4.79 Å². The number of para-hydroxylation sites is 2. The third kappa shape index (κ3) is 3.36. The molecule has 4 rings (SSSR count). The Morgan fingerprint density at radius 2 is 2.04 bits per heavy atom. The van der Waals surface area contributed by atoms with Gasteiger partial charge in [0.15, 0.2) is 6.61 Å². The predicted molar refractivity (Wildman–Crippen MR) is 102 cm³/mol. The van der Waals surface area contributed by atoms with Crippen LogP contribution in [0.5, 0.6) is 5.75 Å². The molecule has 0 saturated heterocycles. The monoisotopic (exact) mass is 364 g/mol. The van der Waals surface area contributed by atoms with Gasteiger partial charge in [-0.2, -0.15) is 0 Å². The number of carbonyl (C=O) groups is 2. The number of fused-ring (bicyclic) bond motifs is 2. The number of aromatic amines is 1. The van der Waals surface area contributed by atoms with E-state index < -0.39 is 0 Å². The van der Waals surface area contributed by atoms with Gasteiger partial charge in [0.1, 0.15) is 11.6 Å². The zero-order valence-corrected chi connectivity index (χ0v) is 15.1. The van der Waals surface area contributed by atoms with Gasteiger partial charge in [-0.1, -0.05) is 26.0 Å². The number of imidazole rings is 1. The highest BCUT2D eigenvalue weighted by Crippen LogP contribution is 2.29. The smallest absolute Gasteiger partial charge is 0.262 e. The number of hydrogen-bond donors (Lipinski definition) is 3. The minimum atomic E-state index is -0.272. The summed E-state index contributed by atoms with van der Waals surface area (Å²) in [4.78, 5) is 32.2. The number of benzene rings is 2. The minimum Gasteiger partial charge on any atom is -0.482 e. The lowest BCUT2D eigenvalue weighted by atomic mass is 10.0. The van der Waals surface area contributed by atoms with E-state index in [1.54, 1.807) is 18.2 Å². The van der Waals surface area contributed by atoms with Gasteiger partial charge in [0, 0.05) is 5.56 Å². The van der Waals surface area contributed by atoms with Crippen molar-refractivity contribution in [3.05, 3.63) is 53.9 Å². The number of nitrogens with one attached hydrogen (secondary N) is 3. The summed E-state index contributed by atoms with van der Waals surface area (Å²) in [7, 11) is 0. The highest BCUT2D eigenvalue weighted by molar-refractivity contribution is 6.00. The first-order chi connectivity index (χ1) is 13.0. The summed E-state index contributed by atoms with van der Waals surface area (Å²) >= 11 is 0. The molecule has 7 heteroatoms. The maximum Gasteiger partial charge on any atom is 0.262 e. The number of amides is 2. The van der Waals surface area contributed by atoms with Crippen molar-refractivity contribution >= 4 is 28.5 Å². The van der Waals surface area contributed by atoms with E-state index in [1.165, 1.54) is 0 Å². The van der Waals surface area contributed by atoms with Gasteiger partial charge in [0.25, 0.3) is 11.8 Å². The van der Waals surface area contributed by atoms with E-state index in [2.05, 4.69) is 20.6 Å². The number of ether oxygens (including phenoxy) is 1. The highest BCUT2D eigenvalue weighted by Gasteiger charge is 2.24. The number of nitrogens with zero attached hydrogens (tertiary/aromatic N) is 1. The second-order valence-corrected chi connectivity index (χ2v) is 6.88. The van der Waals surface area contributed by atoms with Crippen LogP contribution in [0, 0.1) is 5.92 Å². The van der Waals surface area contributed by atoms with Gasteiger partial charge in [-0.15, -0.1) is 0 Å².